The van der Waals surface area contributed by atoms with Gasteiger partial charge in [0.15, 0.2) is 0 Å². The van der Waals surface area contributed by atoms with Crippen LogP contribution >= 0.6 is 11.3 Å². The van der Waals surface area contributed by atoms with Crippen LogP contribution in [0.2, 0.25) is 0 Å². The Labute approximate surface area is 212 Å². The maximum absolute atomic E-state index is 2.46. The first-order valence-electron chi connectivity index (χ1n) is 12.3. The van der Waals surface area contributed by atoms with Crippen LogP contribution in [-0.2, 0) is 18.1 Å². The SMILES string of the molecule is c1ccc(C[Si](Cc2ccccc2)(Cc2ccccc2)c2cccc3sc4ccccc4c23)cc1. The van der Waals surface area contributed by atoms with Crippen molar-refractivity contribution in [3.05, 3.63) is 150 Å². The molecule has 1 aromatic heterocycles. The van der Waals surface area contributed by atoms with Crippen molar-refractivity contribution in [3.8, 4) is 0 Å². The van der Waals surface area contributed by atoms with E-state index >= 15 is 0 Å². The summed E-state index contributed by atoms with van der Waals surface area (Å²) in [4.78, 5) is 0. The number of benzene rings is 5. The molecular weight excluding hydrogens is 457 g/mol. The second-order valence-corrected chi connectivity index (χ2v) is 14.8. The van der Waals surface area contributed by atoms with E-state index in [4.69, 9.17) is 0 Å². The van der Waals surface area contributed by atoms with Crippen molar-refractivity contribution in [1.82, 2.24) is 0 Å². The van der Waals surface area contributed by atoms with Crippen LogP contribution in [0.3, 0.4) is 0 Å². The third kappa shape index (κ3) is 4.48. The predicted molar refractivity (Wildman–Crippen MR) is 155 cm³/mol. The topological polar surface area (TPSA) is 0 Å². The van der Waals surface area contributed by atoms with Gasteiger partial charge < -0.3 is 0 Å². The molecule has 170 valence electrons. The molecule has 5 aromatic carbocycles. The molecule has 0 aliphatic heterocycles. The fourth-order valence-electron chi connectivity index (χ4n) is 5.65. The van der Waals surface area contributed by atoms with Crippen molar-refractivity contribution < 1.29 is 0 Å². The molecule has 35 heavy (non-hydrogen) atoms. The summed E-state index contributed by atoms with van der Waals surface area (Å²) >= 11 is 1.93. The van der Waals surface area contributed by atoms with Gasteiger partial charge in [0.25, 0.3) is 0 Å². The second-order valence-electron chi connectivity index (χ2n) is 9.54. The Morgan fingerprint density at radius 3 is 1.43 bits per heavy atom. The van der Waals surface area contributed by atoms with Crippen molar-refractivity contribution in [2.24, 2.45) is 0 Å². The molecule has 2 heteroatoms. The summed E-state index contributed by atoms with van der Waals surface area (Å²) in [5.74, 6) is 0. The molecule has 6 rings (SSSR count). The molecule has 1 heterocycles. The van der Waals surface area contributed by atoms with Crippen LogP contribution < -0.4 is 5.19 Å². The van der Waals surface area contributed by atoms with E-state index in [-0.39, 0.29) is 0 Å². The zero-order valence-electron chi connectivity index (χ0n) is 19.7. The highest BCUT2D eigenvalue weighted by atomic mass is 32.1. The van der Waals surface area contributed by atoms with Crippen molar-refractivity contribution in [3.63, 3.8) is 0 Å². The summed E-state index contributed by atoms with van der Waals surface area (Å²) in [6, 6.07) is 52.9. The molecular formula is C33H28SSi. The van der Waals surface area contributed by atoms with Gasteiger partial charge in [0, 0.05) is 14.8 Å². The molecule has 0 bridgehead atoms. The number of hydrogen-bond acceptors (Lipinski definition) is 1. The van der Waals surface area contributed by atoms with Gasteiger partial charge in [-0.05, 0) is 40.8 Å². The Kier molecular flexibility index (Phi) is 6.08. The number of hydrogen-bond donors (Lipinski definition) is 0. The van der Waals surface area contributed by atoms with Crippen molar-refractivity contribution >= 4 is 44.8 Å². The molecule has 0 nitrogen and oxygen atoms in total. The molecule has 0 spiro atoms. The van der Waals surface area contributed by atoms with Gasteiger partial charge in [0.1, 0.15) is 8.07 Å². The smallest absolute Gasteiger partial charge is 0.100 e. The quantitative estimate of drug-likeness (QED) is 0.201. The monoisotopic (exact) mass is 484 g/mol. The van der Waals surface area contributed by atoms with E-state index in [1.165, 1.54) is 36.9 Å². The minimum Gasteiger partial charge on any atom is -0.135 e. The van der Waals surface area contributed by atoms with Crippen LogP contribution in [0.15, 0.2) is 133 Å². The van der Waals surface area contributed by atoms with Crippen molar-refractivity contribution in [2.75, 3.05) is 0 Å². The molecule has 0 radical (unpaired) electrons. The van der Waals surface area contributed by atoms with Crippen LogP contribution in [0.1, 0.15) is 16.7 Å². The standard InChI is InChI=1S/C33H28SSi/c1-4-13-26(14-5-1)23-35(24-27-15-6-2-7-16-27,25-28-17-8-3-9-18-28)32-22-12-21-31-33(32)29-19-10-11-20-30(29)34-31/h1-22H,23-25H2. The van der Waals surface area contributed by atoms with Gasteiger partial charge in [-0.2, -0.15) is 0 Å². The summed E-state index contributed by atoms with van der Waals surface area (Å²) < 4.78 is 2.80. The van der Waals surface area contributed by atoms with E-state index in [0.29, 0.717) is 0 Å². The van der Waals surface area contributed by atoms with Gasteiger partial charge >= 0.3 is 0 Å². The van der Waals surface area contributed by atoms with E-state index in [9.17, 15) is 0 Å². The molecule has 0 saturated carbocycles. The minimum absolute atomic E-state index is 1.13. The highest BCUT2D eigenvalue weighted by Gasteiger charge is 2.37. The van der Waals surface area contributed by atoms with Gasteiger partial charge in [-0.15, -0.1) is 11.3 Å². The average Bonchev–Trinajstić information content (AvgIpc) is 3.29. The Bertz CT molecular complexity index is 1450. The second kappa shape index (κ2) is 9.65. The van der Waals surface area contributed by atoms with Crippen LogP contribution in [0, 0.1) is 0 Å². The summed E-state index contributed by atoms with van der Waals surface area (Å²) in [6.45, 7) is 0. The predicted octanol–water partition coefficient (Wildman–Crippen LogP) is 8.06. The Hall–Kier alpha value is -3.46. The first-order chi connectivity index (χ1) is 17.3. The lowest BCUT2D eigenvalue weighted by atomic mass is 10.1. The highest BCUT2D eigenvalue weighted by molar-refractivity contribution is 7.26. The summed E-state index contributed by atoms with van der Waals surface area (Å²) in [7, 11) is -2.13. The van der Waals surface area contributed by atoms with Gasteiger partial charge in [-0.25, -0.2) is 0 Å². The molecule has 0 saturated heterocycles. The minimum atomic E-state index is -2.13. The van der Waals surface area contributed by atoms with E-state index < -0.39 is 8.07 Å². The molecule has 0 N–H and O–H groups in total. The molecule has 0 unspecified atom stereocenters. The van der Waals surface area contributed by atoms with Gasteiger partial charge in [-0.3, -0.25) is 0 Å². The third-order valence-electron chi connectivity index (χ3n) is 7.13. The van der Waals surface area contributed by atoms with E-state index in [1.807, 2.05) is 11.3 Å². The van der Waals surface area contributed by atoms with Crippen LogP contribution in [0.5, 0.6) is 0 Å². The highest BCUT2D eigenvalue weighted by Crippen LogP contribution is 2.35. The summed E-state index contributed by atoms with van der Waals surface area (Å²) in [6.07, 6.45) is 0. The molecule has 6 aromatic rings. The largest absolute Gasteiger partial charge is 0.135 e. The van der Waals surface area contributed by atoms with Gasteiger partial charge in [-0.1, -0.05) is 138 Å². The molecule has 0 aliphatic carbocycles. The summed E-state index contributed by atoms with van der Waals surface area (Å²) in [5.41, 5.74) is 4.34. The molecule has 0 atom stereocenters. The normalized spacial score (nSPS) is 11.8. The lowest BCUT2D eigenvalue weighted by molar-refractivity contribution is 1.15. The number of rotatable bonds is 7. The maximum Gasteiger partial charge on any atom is 0.100 e. The van der Waals surface area contributed by atoms with E-state index in [1.54, 1.807) is 5.19 Å². The van der Waals surface area contributed by atoms with E-state index in [0.717, 1.165) is 18.1 Å². The lowest BCUT2D eigenvalue weighted by Crippen LogP contribution is -2.55. The molecule has 0 amide bonds. The van der Waals surface area contributed by atoms with Crippen LogP contribution in [-0.4, -0.2) is 8.07 Å². The fraction of sp³-hybridized carbons (Fsp3) is 0.0909. The van der Waals surface area contributed by atoms with Gasteiger partial charge in [0.05, 0.1) is 0 Å². The lowest BCUT2D eigenvalue weighted by Gasteiger charge is -2.34. The van der Waals surface area contributed by atoms with E-state index in [2.05, 4.69) is 133 Å². The molecule has 0 aliphatic rings. The van der Waals surface area contributed by atoms with Gasteiger partial charge in [0.2, 0.25) is 0 Å². The Morgan fingerprint density at radius 2 is 0.886 bits per heavy atom. The van der Waals surface area contributed by atoms with Crippen LogP contribution in [0.4, 0.5) is 0 Å². The number of thiophene rings is 1. The number of fused-ring (bicyclic) bond motifs is 3. The molecule has 0 fully saturated rings. The first-order valence-corrected chi connectivity index (χ1v) is 15.8. The average molecular weight is 485 g/mol. The maximum atomic E-state index is 2.46. The van der Waals surface area contributed by atoms with Crippen molar-refractivity contribution in [2.45, 2.75) is 18.1 Å². The Balaban J connectivity index is 1.63. The third-order valence-corrected chi connectivity index (χ3v) is 13.1. The Morgan fingerprint density at radius 1 is 0.429 bits per heavy atom. The summed E-state index contributed by atoms with van der Waals surface area (Å²) in [5, 5.41) is 4.50. The zero-order chi connectivity index (χ0) is 23.5. The van der Waals surface area contributed by atoms with Crippen LogP contribution in [0.25, 0.3) is 20.2 Å². The first kappa shape index (κ1) is 22.0. The van der Waals surface area contributed by atoms with Crippen molar-refractivity contribution in [1.29, 1.82) is 0 Å². The zero-order valence-corrected chi connectivity index (χ0v) is 21.5. The fourth-order valence-corrected chi connectivity index (χ4v) is 12.1.